The van der Waals surface area contributed by atoms with Gasteiger partial charge in [0.2, 0.25) is 5.95 Å². The first kappa shape index (κ1) is 23.3. The molecule has 2 aromatic rings. The fourth-order valence-electron chi connectivity index (χ4n) is 4.24. The summed E-state index contributed by atoms with van der Waals surface area (Å²) in [5.41, 5.74) is 2.60. The fraction of sp³-hybridized carbons (Fsp3) is 0.500. The SMILES string of the molecule is Cc1ccc(N2CCN(C(=O)Nc3ccnc(F)c3)CC2C)cc1OCCN1CCOCC1. The minimum atomic E-state index is -0.617. The number of amides is 2. The summed E-state index contributed by atoms with van der Waals surface area (Å²) in [5, 5.41) is 2.75. The molecule has 2 fully saturated rings. The summed E-state index contributed by atoms with van der Waals surface area (Å²) in [6, 6.07) is 8.98. The number of ether oxygens (including phenoxy) is 2. The van der Waals surface area contributed by atoms with Gasteiger partial charge in [-0.25, -0.2) is 9.78 Å². The Hall–Kier alpha value is -2.91. The van der Waals surface area contributed by atoms with Gasteiger partial charge in [0.25, 0.3) is 0 Å². The Kier molecular flexibility index (Phi) is 7.61. The number of nitrogens with zero attached hydrogens (tertiary/aromatic N) is 4. The number of pyridine rings is 1. The van der Waals surface area contributed by atoms with Crippen LogP contribution >= 0.6 is 0 Å². The zero-order chi connectivity index (χ0) is 23.2. The maximum Gasteiger partial charge on any atom is 0.321 e. The summed E-state index contributed by atoms with van der Waals surface area (Å²) in [7, 11) is 0. The van der Waals surface area contributed by atoms with Gasteiger partial charge in [0.05, 0.1) is 13.2 Å². The van der Waals surface area contributed by atoms with Crippen molar-refractivity contribution in [3.8, 4) is 5.75 Å². The third-order valence-electron chi connectivity index (χ3n) is 6.16. The van der Waals surface area contributed by atoms with Crippen molar-refractivity contribution in [3.05, 3.63) is 48.0 Å². The number of piperazine rings is 1. The number of nitrogens with one attached hydrogen (secondary N) is 1. The lowest BCUT2D eigenvalue weighted by Gasteiger charge is -2.41. The van der Waals surface area contributed by atoms with Gasteiger partial charge in [-0.2, -0.15) is 4.39 Å². The van der Waals surface area contributed by atoms with Crippen LogP contribution in [0.5, 0.6) is 5.75 Å². The zero-order valence-corrected chi connectivity index (χ0v) is 19.3. The first-order valence-corrected chi connectivity index (χ1v) is 11.5. The minimum absolute atomic E-state index is 0.127. The highest BCUT2D eigenvalue weighted by Gasteiger charge is 2.27. The van der Waals surface area contributed by atoms with Crippen LogP contribution in [0.2, 0.25) is 0 Å². The van der Waals surface area contributed by atoms with Crippen LogP contribution in [0.15, 0.2) is 36.5 Å². The predicted molar refractivity (Wildman–Crippen MR) is 126 cm³/mol. The number of morpholine rings is 1. The molecule has 1 unspecified atom stereocenters. The topological polar surface area (TPSA) is 70.2 Å². The predicted octanol–water partition coefficient (Wildman–Crippen LogP) is 2.98. The van der Waals surface area contributed by atoms with Crippen LogP contribution in [0, 0.1) is 12.9 Å². The summed E-state index contributed by atoms with van der Waals surface area (Å²) in [4.78, 5) is 22.6. The second-order valence-electron chi connectivity index (χ2n) is 8.54. The molecular weight excluding hydrogens is 425 g/mol. The van der Waals surface area contributed by atoms with Gasteiger partial charge in [0.15, 0.2) is 0 Å². The molecule has 178 valence electrons. The van der Waals surface area contributed by atoms with E-state index in [1.54, 1.807) is 11.0 Å². The first-order chi connectivity index (χ1) is 16.0. The number of hydrogen-bond acceptors (Lipinski definition) is 6. The van der Waals surface area contributed by atoms with E-state index in [0.29, 0.717) is 31.9 Å². The Morgan fingerprint density at radius 2 is 2.03 bits per heavy atom. The molecule has 2 aliphatic heterocycles. The summed E-state index contributed by atoms with van der Waals surface area (Å²) in [6.07, 6.45) is 1.34. The van der Waals surface area contributed by atoms with Crippen molar-refractivity contribution in [1.29, 1.82) is 0 Å². The van der Waals surface area contributed by atoms with E-state index in [1.165, 1.54) is 12.3 Å². The van der Waals surface area contributed by atoms with Gasteiger partial charge in [-0.05, 0) is 31.5 Å². The highest BCUT2D eigenvalue weighted by Crippen LogP contribution is 2.28. The number of hydrogen-bond donors (Lipinski definition) is 1. The van der Waals surface area contributed by atoms with Crippen molar-refractivity contribution in [2.24, 2.45) is 0 Å². The van der Waals surface area contributed by atoms with Crippen molar-refractivity contribution in [3.63, 3.8) is 0 Å². The Balaban J connectivity index is 1.32. The van der Waals surface area contributed by atoms with E-state index in [4.69, 9.17) is 9.47 Å². The molecule has 0 bridgehead atoms. The first-order valence-electron chi connectivity index (χ1n) is 11.5. The fourth-order valence-corrected chi connectivity index (χ4v) is 4.24. The Morgan fingerprint density at radius 1 is 1.21 bits per heavy atom. The number of anilines is 2. The molecule has 33 heavy (non-hydrogen) atoms. The second kappa shape index (κ2) is 10.8. The molecule has 0 aliphatic carbocycles. The molecule has 3 heterocycles. The van der Waals surface area contributed by atoms with Crippen molar-refractivity contribution in [1.82, 2.24) is 14.8 Å². The molecule has 8 nitrogen and oxygen atoms in total. The van der Waals surface area contributed by atoms with Gasteiger partial charge in [-0.15, -0.1) is 0 Å². The third kappa shape index (κ3) is 6.11. The number of benzene rings is 1. The molecule has 2 saturated heterocycles. The monoisotopic (exact) mass is 457 g/mol. The van der Waals surface area contributed by atoms with Crippen LogP contribution < -0.4 is 15.0 Å². The van der Waals surface area contributed by atoms with Gasteiger partial charge in [-0.1, -0.05) is 6.07 Å². The van der Waals surface area contributed by atoms with Crippen molar-refractivity contribution >= 4 is 17.4 Å². The molecule has 0 saturated carbocycles. The largest absolute Gasteiger partial charge is 0.492 e. The number of aryl methyl sites for hydroxylation is 1. The highest BCUT2D eigenvalue weighted by atomic mass is 19.1. The molecule has 2 aliphatic rings. The Bertz CT molecular complexity index is 953. The molecule has 1 atom stereocenters. The van der Waals surface area contributed by atoms with Gasteiger partial charge in [0.1, 0.15) is 12.4 Å². The average molecular weight is 458 g/mol. The number of carbonyl (C=O) groups excluding carboxylic acids is 1. The zero-order valence-electron chi connectivity index (χ0n) is 19.3. The Labute approximate surface area is 194 Å². The molecule has 1 aromatic carbocycles. The maximum absolute atomic E-state index is 13.3. The van der Waals surface area contributed by atoms with E-state index >= 15 is 0 Å². The number of urea groups is 1. The Morgan fingerprint density at radius 3 is 2.79 bits per heavy atom. The maximum atomic E-state index is 13.3. The van der Waals surface area contributed by atoms with Crippen LogP contribution in [0.3, 0.4) is 0 Å². The lowest BCUT2D eigenvalue weighted by molar-refractivity contribution is 0.0322. The normalized spacial score (nSPS) is 19.4. The quantitative estimate of drug-likeness (QED) is 0.673. The molecule has 4 rings (SSSR count). The van der Waals surface area contributed by atoms with E-state index in [2.05, 4.69) is 52.1 Å². The van der Waals surface area contributed by atoms with Crippen molar-refractivity contribution in [2.75, 3.05) is 69.3 Å². The molecular formula is C24H32FN5O3. The summed E-state index contributed by atoms with van der Waals surface area (Å²) >= 11 is 0. The third-order valence-corrected chi connectivity index (χ3v) is 6.16. The number of aromatic nitrogens is 1. The van der Waals surface area contributed by atoms with E-state index in [9.17, 15) is 9.18 Å². The van der Waals surface area contributed by atoms with E-state index < -0.39 is 5.95 Å². The molecule has 1 aromatic heterocycles. The van der Waals surface area contributed by atoms with Crippen LogP contribution in [0.4, 0.5) is 20.6 Å². The van der Waals surface area contributed by atoms with Gasteiger partial charge < -0.3 is 24.6 Å². The molecule has 2 amide bonds. The van der Waals surface area contributed by atoms with Crippen molar-refractivity contribution in [2.45, 2.75) is 19.9 Å². The van der Waals surface area contributed by atoms with Crippen LogP contribution in [-0.4, -0.2) is 85.9 Å². The molecule has 1 N–H and O–H groups in total. The van der Waals surface area contributed by atoms with Crippen LogP contribution in [0.25, 0.3) is 0 Å². The van der Waals surface area contributed by atoms with Crippen LogP contribution in [-0.2, 0) is 4.74 Å². The van der Waals surface area contributed by atoms with E-state index in [0.717, 1.165) is 49.8 Å². The lowest BCUT2D eigenvalue weighted by Crippen LogP contribution is -2.54. The minimum Gasteiger partial charge on any atom is -0.492 e. The van der Waals surface area contributed by atoms with Crippen LogP contribution in [0.1, 0.15) is 12.5 Å². The summed E-state index contributed by atoms with van der Waals surface area (Å²) in [5.74, 6) is 0.279. The standard InChI is InChI=1S/C24H32FN5O3/c1-18-3-4-21(16-22(18)33-14-11-28-9-12-32-13-10-28)30-8-7-29(17-19(30)2)24(31)27-20-5-6-26-23(25)15-20/h3-6,15-16,19H,7-14,17H2,1-2H3,(H,26,27,31). The van der Waals surface area contributed by atoms with Crippen molar-refractivity contribution < 1.29 is 18.7 Å². The van der Waals surface area contributed by atoms with E-state index in [-0.39, 0.29) is 12.1 Å². The number of rotatable bonds is 6. The van der Waals surface area contributed by atoms with Gasteiger partial charge in [0, 0.05) is 75.0 Å². The molecule has 0 spiro atoms. The average Bonchev–Trinajstić information content (AvgIpc) is 2.81. The molecule has 0 radical (unpaired) electrons. The molecule has 9 heteroatoms. The highest BCUT2D eigenvalue weighted by molar-refractivity contribution is 5.89. The smallest absolute Gasteiger partial charge is 0.321 e. The second-order valence-corrected chi connectivity index (χ2v) is 8.54. The van der Waals surface area contributed by atoms with Gasteiger partial charge >= 0.3 is 6.03 Å². The summed E-state index contributed by atoms with van der Waals surface area (Å²) < 4.78 is 24.8. The lowest BCUT2D eigenvalue weighted by atomic mass is 10.1. The van der Waals surface area contributed by atoms with E-state index in [1.807, 2.05) is 0 Å². The van der Waals surface area contributed by atoms with Gasteiger partial charge in [-0.3, -0.25) is 4.90 Å². The summed E-state index contributed by atoms with van der Waals surface area (Å²) in [6.45, 7) is 11.0. The number of halogens is 1. The number of carbonyl (C=O) groups is 1.